The van der Waals surface area contributed by atoms with Gasteiger partial charge in [0, 0.05) is 19.9 Å². The van der Waals surface area contributed by atoms with Gasteiger partial charge in [-0.05, 0) is 30.4 Å². The first-order chi connectivity index (χ1) is 13.1. The van der Waals surface area contributed by atoms with Crippen LogP contribution >= 0.6 is 0 Å². The van der Waals surface area contributed by atoms with Crippen LogP contribution < -0.4 is 11.1 Å². The third-order valence-electron chi connectivity index (χ3n) is 6.19. The number of rotatable bonds is 3. The number of hydrogen-bond acceptors (Lipinski definition) is 7. The Labute approximate surface area is 158 Å². The molecule has 7 nitrogen and oxygen atoms in total. The van der Waals surface area contributed by atoms with E-state index in [4.69, 9.17) is 15.2 Å². The first-order valence-electron chi connectivity index (χ1n) is 8.89. The van der Waals surface area contributed by atoms with Gasteiger partial charge in [-0.3, -0.25) is 0 Å². The highest BCUT2D eigenvalue weighted by Crippen LogP contribution is 2.67. The Hall–Kier alpha value is -2.87. The Morgan fingerprint density at radius 2 is 1.85 bits per heavy atom. The van der Waals surface area contributed by atoms with Gasteiger partial charge >= 0.3 is 0 Å². The van der Waals surface area contributed by atoms with Gasteiger partial charge in [-0.1, -0.05) is 30.3 Å². The number of hydrogen-bond donors (Lipinski definition) is 2. The number of nitrogens with zero attached hydrogens (tertiary/aromatic N) is 3. The number of amidine groups is 1. The fraction of sp³-hybridized carbons (Fsp3) is 0.450. The maximum absolute atomic E-state index is 10.5. The van der Waals surface area contributed by atoms with Crippen LogP contribution in [0.15, 0.2) is 46.6 Å². The average Bonchev–Trinajstić information content (AvgIpc) is 3.27. The minimum atomic E-state index is -1.67. The molecule has 7 heteroatoms. The molecule has 0 saturated carbocycles. The summed E-state index contributed by atoms with van der Waals surface area (Å²) in [6.07, 6.45) is 2.35. The van der Waals surface area contributed by atoms with E-state index in [1.54, 1.807) is 0 Å². The van der Waals surface area contributed by atoms with Crippen LogP contribution in [0.3, 0.4) is 0 Å². The molecule has 1 aromatic carbocycles. The molecule has 0 fully saturated rings. The van der Waals surface area contributed by atoms with Crippen LogP contribution in [-0.2, 0) is 9.47 Å². The number of nitriles is 2. The topological polar surface area (TPSA) is 116 Å². The molecule has 1 aromatic rings. The number of fused-ring (bicyclic) bond motifs is 2. The largest absolute Gasteiger partial charge is 0.386 e. The van der Waals surface area contributed by atoms with Crippen molar-refractivity contribution in [2.75, 3.05) is 14.2 Å². The fourth-order valence-corrected chi connectivity index (χ4v) is 5.06. The van der Waals surface area contributed by atoms with Crippen molar-refractivity contribution in [3.63, 3.8) is 0 Å². The normalized spacial score (nSPS) is 33.3. The first kappa shape index (κ1) is 17.5. The number of ether oxygens (including phenoxy) is 2. The molecule has 3 N–H and O–H groups in total. The molecule has 0 spiro atoms. The van der Waals surface area contributed by atoms with Crippen LogP contribution in [0.2, 0.25) is 0 Å². The summed E-state index contributed by atoms with van der Waals surface area (Å²) in [7, 11) is 2.86. The second-order valence-corrected chi connectivity index (χ2v) is 7.07. The fourth-order valence-electron chi connectivity index (χ4n) is 5.06. The molecule has 2 aliphatic heterocycles. The van der Waals surface area contributed by atoms with Gasteiger partial charge in [0.1, 0.15) is 5.84 Å². The molecule has 27 heavy (non-hydrogen) atoms. The van der Waals surface area contributed by atoms with Crippen LogP contribution in [0.4, 0.5) is 0 Å². The molecule has 0 bridgehead atoms. The highest BCUT2D eigenvalue weighted by atomic mass is 16.7. The van der Waals surface area contributed by atoms with Crippen LogP contribution in [0, 0.1) is 33.5 Å². The second-order valence-electron chi connectivity index (χ2n) is 7.07. The lowest BCUT2D eigenvalue weighted by Crippen LogP contribution is -2.63. The van der Waals surface area contributed by atoms with Crippen molar-refractivity contribution in [1.82, 2.24) is 5.32 Å². The summed E-state index contributed by atoms with van der Waals surface area (Å²) in [5.74, 6) is -1.61. The number of nitrogens with one attached hydrogen (secondary N) is 1. The smallest absolute Gasteiger partial charge is 0.296 e. The second kappa shape index (κ2) is 5.82. The van der Waals surface area contributed by atoms with Gasteiger partial charge in [0.15, 0.2) is 10.8 Å². The summed E-state index contributed by atoms with van der Waals surface area (Å²) in [6.45, 7) is 0. The predicted octanol–water partition coefficient (Wildman–Crippen LogP) is 2.11. The van der Waals surface area contributed by atoms with Crippen molar-refractivity contribution in [3.05, 3.63) is 47.2 Å². The molecule has 4 rings (SSSR count). The summed E-state index contributed by atoms with van der Waals surface area (Å²) in [4.78, 5) is 4.45. The molecule has 0 saturated heterocycles. The van der Waals surface area contributed by atoms with Crippen LogP contribution in [-0.4, -0.2) is 26.0 Å². The van der Waals surface area contributed by atoms with E-state index in [1.807, 2.05) is 30.3 Å². The standard InChI is InChI=1S/C20H21N5O2/c1-26-20(27-2)19(12-22)14-9-6-10-15(14)24-16(13-7-4-3-5-8-13)18(19,11-21)17(23)25-20/h3-5,7-8,16,24H,6,9-10H2,1-2H3,(H2,23,25)/t16-,18+,19-/m0/s1. The predicted molar refractivity (Wildman–Crippen MR) is 97.7 cm³/mol. The minimum Gasteiger partial charge on any atom is -0.386 e. The van der Waals surface area contributed by atoms with E-state index in [0.29, 0.717) is 6.42 Å². The number of methoxy groups -OCH3 is 2. The van der Waals surface area contributed by atoms with E-state index >= 15 is 0 Å². The number of aliphatic imine (C=N–C) groups is 1. The number of allylic oxidation sites excluding steroid dienone is 1. The van der Waals surface area contributed by atoms with Crippen molar-refractivity contribution in [2.45, 2.75) is 31.2 Å². The van der Waals surface area contributed by atoms with E-state index in [9.17, 15) is 10.5 Å². The quantitative estimate of drug-likeness (QED) is 0.795. The zero-order valence-electron chi connectivity index (χ0n) is 15.3. The third kappa shape index (κ3) is 1.78. The Morgan fingerprint density at radius 1 is 1.15 bits per heavy atom. The number of benzene rings is 1. The van der Waals surface area contributed by atoms with Gasteiger partial charge in [0.05, 0.1) is 18.2 Å². The minimum absolute atomic E-state index is 0.0510. The molecule has 1 aliphatic carbocycles. The Bertz CT molecular complexity index is 922. The van der Waals surface area contributed by atoms with Crippen molar-refractivity contribution in [3.8, 4) is 12.1 Å². The monoisotopic (exact) mass is 363 g/mol. The highest BCUT2D eigenvalue weighted by molar-refractivity contribution is 5.96. The van der Waals surface area contributed by atoms with E-state index in [1.165, 1.54) is 14.2 Å². The molecule has 3 atom stereocenters. The number of nitrogens with two attached hydrogens (primary N) is 1. The summed E-state index contributed by atoms with van der Waals surface area (Å²) in [6, 6.07) is 13.8. The zero-order valence-corrected chi connectivity index (χ0v) is 15.3. The SMILES string of the molecule is COC1(OC)N=C(N)[C@@]2(C#N)[C@H](c3ccccc3)NC3=C(CCC3)[C@]12C#N. The lowest BCUT2D eigenvalue weighted by Gasteiger charge is -2.51. The van der Waals surface area contributed by atoms with Gasteiger partial charge < -0.3 is 20.5 Å². The molecular weight excluding hydrogens is 342 g/mol. The van der Waals surface area contributed by atoms with E-state index in [0.717, 1.165) is 29.7 Å². The third-order valence-corrected chi connectivity index (χ3v) is 6.19. The Morgan fingerprint density at radius 3 is 2.44 bits per heavy atom. The summed E-state index contributed by atoms with van der Waals surface area (Å²) in [5, 5.41) is 24.5. The van der Waals surface area contributed by atoms with Gasteiger partial charge in [-0.15, -0.1) is 0 Å². The lowest BCUT2D eigenvalue weighted by molar-refractivity contribution is -0.253. The summed E-state index contributed by atoms with van der Waals surface area (Å²) >= 11 is 0. The van der Waals surface area contributed by atoms with Crippen LogP contribution in [0.5, 0.6) is 0 Å². The maximum atomic E-state index is 10.5. The first-order valence-corrected chi connectivity index (χ1v) is 8.89. The lowest BCUT2D eigenvalue weighted by atomic mass is 9.53. The molecule has 138 valence electrons. The van der Waals surface area contributed by atoms with Crippen molar-refractivity contribution in [2.24, 2.45) is 21.6 Å². The molecule has 0 radical (unpaired) electrons. The zero-order chi connectivity index (χ0) is 19.3. The van der Waals surface area contributed by atoms with Gasteiger partial charge in [0.25, 0.3) is 5.91 Å². The Balaban J connectivity index is 2.10. The van der Waals surface area contributed by atoms with Crippen LogP contribution in [0.25, 0.3) is 0 Å². The maximum Gasteiger partial charge on any atom is 0.296 e. The van der Waals surface area contributed by atoms with Gasteiger partial charge in [0.2, 0.25) is 0 Å². The molecule has 0 unspecified atom stereocenters. The summed E-state index contributed by atoms with van der Waals surface area (Å²) in [5.41, 5.74) is 6.08. The molecule has 3 aliphatic rings. The summed E-state index contributed by atoms with van der Waals surface area (Å²) < 4.78 is 11.4. The van der Waals surface area contributed by atoms with E-state index in [2.05, 4.69) is 22.4 Å². The van der Waals surface area contributed by atoms with Crippen molar-refractivity contribution < 1.29 is 9.47 Å². The van der Waals surface area contributed by atoms with E-state index in [-0.39, 0.29) is 5.84 Å². The van der Waals surface area contributed by atoms with Gasteiger partial charge in [-0.2, -0.15) is 10.5 Å². The van der Waals surface area contributed by atoms with Gasteiger partial charge in [-0.25, -0.2) is 4.99 Å². The average molecular weight is 363 g/mol. The van der Waals surface area contributed by atoms with E-state index < -0.39 is 22.8 Å². The highest BCUT2D eigenvalue weighted by Gasteiger charge is 2.79. The van der Waals surface area contributed by atoms with Crippen molar-refractivity contribution in [1.29, 1.82) is 10.5 Å². The van der Waals surface area contributed by atoms with Crippen molar-refractivity contribution >= 4 is 5.84 Å². The molecule has 0 aromatic heterocycles. The molecule has 0 amide bonds. The molecule has 2 heterocycles. The Kier molecular flexibility index (Phi) is 3.78. The molecular formula is C20H21N5O2. The van der Waals surface area contributed by atoms with Crippen LogP contribution in [0.1, 0.15) is 30.9 Å².